The summed E-state index contributed by atoms with van der Waals surface area (Å²) >= 11 is 0. The number of para-hydroxylation sites is 1. The van der Waals surface area contributed by atoms with Gasteiger partial charge in [0.15, 0.2) is 6.61 Å². The van der Waals surface area contributed by atoms with Gasteiger partial charge in [-0.15, -0.1) is 0 Å². The minimum Gasteiger partial charge on any atom is -0.483 e. The summed E-state index contributed by atoms with van der Waals surface area (Å²) in [5.41, 5.74) is 5.90. The third-order valence-corrected chi connectivity index (χ3v) is 5.14. The second kappa shape index (κ2) is 6.28. The van der Waals surface area contributed by atoms with Crippen molar-refractivity contribution in [1.29, 1.82) is 0 Å². The van der Waals surface area contributed by atoms with Gasteiger partial charge in [0, 0.05) is 41.7 Å². The largest absolute Gasteiger partial charge is 0.483 e. The number of amides is 1. The van der Waals surface area contributed by atoms with E-state index in [9.17, 15) is 4.79 Å². The first-order valence-electron chi connectivity index (χ1n) is 8.69. The molecule has 4 rings (SSSR count). The lowest BCUT2D eigenvalue weighted by Crippen LogP contribution is -2.38. The molecule has 2 heterocycles. The first-order chi connectivity index (χ1) is 12.1. The van der Waals surface area contributed by atoms with Gasteiger partial charge in [-0.25, -0.2) is 0 Å². The molecule has 0 saturated heterocycles. The van der Waals surface area contributed by atoms with Gasteiger partial charge < -0.3 is 14.6 Å². The smallest absolute Gasteiger partial charge is 0.260 e. The van der Waals surface area contributed by atoms with Crippen molar-refractivity contribution < 1.29 is 9.53 Å². The highest BCUT2D eigenvalue weighted by molar-refractivity contribution is 5.86. The van der Waals surface area contributed by atoms with Crippen molar-refractivity contribution in [2.75, 3.05) is 13.2 Å². The topological polar surface area (TPSA) is 45.3 Å². The van der Waals surface area contributed by atoms with Crippen LogP contribution in [0, 0.1) is 13.8 Å². The van der Waals surface area contributed by atoms with E-state index in [-0.39, 0.29) is 12.5 Å². The molecular formula is C21H22N2O2. The molecular weight excluding hydrogens is 312 g/mol. The highest BCUT2D eigenvalue weighted by Gasteiger charge is 2.24. The van der Waals surface area contributed by atoms with Crippen LogP contribution in [0.25, 0.3) is 10.9 Å². The number of rotatable bonds is 3. The van der Waals surface area contributed by atoms with Gasteiger partial charge in [-0.05, 0) is 37.1 Å². The third kappa shape index (κ3) is 2.88. The van der Waals surface area contributed by atoms with Gasteiger partial charge in [0.1, 0.15) is 5.75 Å². The lowest BCUT2D eigenvalue weighted by molar-refractivity contribution is -0.134. The molecule has 128 valence electrons. The summed E-state index contributed by atoms with van der Waals surface area (Å²) < 4.78 is 5.79. The van der Waals surface area contributed by atoms with Gasteiger partial charge in [-0.3, -0.25) is 4.79 Å². The molecule has 0 bridgehead atoms. The number of carbonyl (C=O) groups excluding carboxylic acids is 1. The van der Waals surface area contributed by atoms with Crippen LogP contribution in [0.15, 0.2) is 42.5 Å². The standard InChI is InChI=1S/C21H22N2O2/c1-14-6-5-9-20(15(14)2)25-13-21(24)23-11-10-19-17(12-23)16-7-3-4-8-18(16)22-19/h3-9,22H,10-13H2,1-2H3. The average molecular weight is 334 g/mol. The monoisotopic (exact) mass is 334 g/mol. The summed E-state index contributed by atoms with van der Waals surface area (Å²) in [5.74, 6) is 0.829. The quantitative estimate of drug-likeness (QED) is 0.793. The summed E-state index contributed by atoms with van der Waals surface area (Å²) in [4.78, 5) is 18.0. The Morgan fingerprint density at radius 2 is 2.00 bits per heavy atom. The van der Waals surface area contributed by atoms with Gasteiger partial charge in [0.05, 0.1) is 0 Å². The molecule has 1 N–H and O–H groups in total. The van der Waals surface area contributed by atoms with E-state index in [1.54, 1.807) is 0 Å². The summed E-state index contributed by atoms with van der Waals surface area (Å²) in [5, 5.41) is 1.21. The van der Waals surface area contributed by atoms with Crippen molar-refractivity contribution in [3.63, 3.8) is 0 Å². The fourth-order valence-electron chi connectivity index (χ4n) is 3.49. The van der Waals surface area contributed by atoms with E-state index in [2.05, 4.69) is 17.1 Å². The van der Waals surface area contributed by atoms with Crippen molar-refractivity contribution >= 4 is 16.8 Å². The van der Waals surface area contributed by atoms with Gasteiger partial charge >= 0.3 is 0 Å². The van der Waals surface area contributed by atoms with Crippen molar-refractivity contribution in [1.82, 2.24) is 9.88 Å². The van der Waals surface area contributed by atoms with E-state index < -0.39 is 0 Å². The molecule has 0 aliphatic carbocycles. The van der Waals surface area contributed by atoms with Gasteiger partial charge in [-0.2, -0.15) is 0 Å². The van der Waals surface area contributed by atoms with Crippen LogP contribution < -0.4 is 4.74 Å². The molecule has 1 aromatic heterocycles. The summed E-state index contributed by atoms with van der Waals surface area (Å²) in [6.07, 6.45) is 0.860. The SMILES string of the molecule is Cc1cccc(OCC(=O)N2CCc3[nH]c4ccccc4c3C2)c1C. The van der Waals surface area contributed by atoms with Crippen molar-refractivity contribution in [2.45, 2.75) is 26.8 Å². The van der Waals surface area contributed by atoms with Gasteiger partial charge in [0.2, 0.25) is 0 Å². The van der Waals surface area contributed by atoms with Gasteiger partial charge in [0.25, 0.3) is 5.91 Å². The van der Waals surface area contributed by atoms with Crippen LogP contribution in [0.1, 0.15) is 22.4 Å². The molecule has 2 aromatic carbocycles. The molecule has 0 fully saturated rings. The number of hydrogen-bond donors (Lipinski definition) is 1. The predicted molar refractivity (Wildman–Crippen MR) is 98.8 cm³/mol. The maximum absolute atomic E-state index is 12.6. The Morgan fingerprint density at radius 1 is 1.16 bits per heavy atom. The molecule has 4 nitrogen and oxygen atoms in total. The Bertz CT molecular complexity index is 942. The number of nitrogens with zero attached hydrogens (tertiary/aromatic N) is 1. The molecule has 0 spiro atoms. The number of aromatic amines is 1. The molecule has 0 unspecified atom stereocenters. The average Bonchev–Trinajstić information content (AvgIpc) is 3.00. The number of hydrogen-bond acceptors (Lipinski definition) is 2. The first kappa shape index (κ1) is 15.8. The second-order valence-electron chi connectivity index (χ2n) is 6.68. The molecule has 1 amide bonds. The number of aromatic nitrogens is 1. The molecule has 3 aromatic rings. The van der Waals surface area contributed by atoms with Crippen LogP contribution in [-0.4, -0.2) is 28.9 Å². The molecule has 0 radical (unpaired) electrons. The maximum Gasteiger partial charge on any atom is 0.260 e. The number of ether oxygens (including phenoxy) is 1. The Morgan fingerprint density at radius 3 is 2.88 bits per heavy atom. The van der Waals surface area contributed by atoms with Gasteiger partial charge in [-0.1, -0.05) is 30.3 Å². The zero-order valence-electron chi connectivity index (χ0n) is 14.6. The van der Waals surface area contributed by atoms with Crippen molar-refractivity contribution in [3.8, 4) is 5.75 Å². The number of H-pyrrole nitrogens is 1. The normalized spacial score (nSPS) is 13.8. The molecule has 4 heteroatoms. The fraction of sp³-hybridized carbons (Fsp3) is 0.286. The molecule has 1 aliphatic heterocycles. The van der Waals surface area contributed by atoms with Crippen LogP contribution in [-0.2, 0) is 17.8 Å². The van der Waals surface area contributed by atoms with Crippen molar-refractivity contribution in [2.24, 2.45) is 0 Å². The molecule has 0 atom stereocenters. The van der Waals surface area contributed by atoms with Crippen LogP contribution in [0.2, 0.25) is 0 Å². The second-order valence-corrected chi connectivity index (χ2v) is 6.68. The maximum atomic E-state index is 12.6. The number of benzene rings is 2. The Balaban J connectivity index is 1.48. The van der Waals surface area contributed by atoms with E-state index >= 15 is 0 Å². The summed E-state index contributed by atoms with van der Waals surface area (Å²) in [6.45, 7) is 5.53. The summed E-state index contributed by atoms with van der Waals surface area (Å²) in [7, 11) is 0. The van der Waals surface area contributed by atoms with E-state index in [0.717, 1.165) is 29.8 Å². The fourth-order valence-corrected chi connectivity index (χ4v) is 3.49. The van der Waals surface area contributed by atoms with E-state index in [0.29, 0.717) is 6.54 Å². The zero-order chi connectivity index (χ0) is 17.4. The minimum absolute atomic E-state index is 0.0387. The number of fused-ring (bicyclic) bond motifs is 3. The van der Waals surface area contributed by atoms with Crippen LogP contribution in [0.4, 0.5) is 0 Å². The number of aryl methyl sites for hydroxylation is 1. The molecule has 1 aliphatic rings. The predicted octanol–water partition coefficient (Wildman–Crippen LogP) is 3.75. The highest BCUT2D eigenvalue weighted by atomic mass is 16.5. The number of nitrogens with one attached hydrogen (secondary N) is 1. The minimum atomic E-state index is 0.0387. The third-order valence-electron chi connectivity index (χ3n) is 5.14. The van der Waals surface area contributed by atoms with Crippen LogP contribution >= 0.6 is 0 Å². The van der Waals surface area contributed by atoms with E-state index in [1.165, 1.54) is 22.2 Å². The highest BCUT2D eigenvalue weighted by Crippen LogP contribution is 2.27. The van der Waals surface area contributed by atoms with E-state index in [4.69, 9.17) is 4.74 Å². The van der Waals surface area contributed by atoms with Crippen LogP contribution in [0.5, 0.6) is 5.75 Å². The summed E-state index contributed by atoms with van der Waals surface area (Å²) in [6, 6.07) is 14.2. The molecule has 0 saturated carbocycles. The number of carbonyl (C=O) groups is 1. The zero-order valence-corrected chi connectivity index (χ0v) is 14.6. The van der Waals surface area contributed by atoms with E-state index in [1.807, 2.05) is 49.1 Å². The van der Waals surface area contributed by atoms with Crippen LogP contribution in [0.3, 0.4) is 0 Å². The lowest BCUT2D eigenvalue weighted by Gasteiger charge is -2.27. The van der Waals surface area contributed by atoms with Crippen molar-refractivity contribution in [3.05, 3.63) is 64.8 Å². The Hall–Kier alpha value is -2.75. The first-order valence-corrected chi connectivity index (χ1v) is 8.69. The molecule has 25 heavy (non-hydrogen) atoms. The Kier molecular flexibility index (Phi) is 3.96. The Labute approximate surface area is 147 Å². The lowest BCUT2D eigenvalue weighted by atomic mass is 10.0.